The molecule has 1 aromatic rings. The Hall–Kier alpha value is -1.20. The summed E-state index contributed by atoms with van der Waals surface area (Å²) in [6.07, 6.45) is 0. The Labute approximate surface area is 113 Å². The second kappa shape index (κ2) is 8.07. The molecule has 0 aliphatic heterocycles. The molecule has 0 saturated heterocycles. The highest BCUT2D eigenvalue weighted by Gasteiger charge is 2.12. The molecule has 19 heavy (non-hydrogen) atoms. The molecule has 5 heteroatoms. The van der Waals surface area contributed by atoms with Gasteiger partial charge in [0.25, 0.3) is 0 Å². The first kappa shape index (κ1) is 15.9. The molecule has 3 N–H and O–H groups in total. The third-order valence-corrected chi connectivity index (χ3v) is 3.16. The number of para-hydroxylation sites is 1. The molecule has 0 aliphatic rings. The van der Waals surface area contributed by atoms with Crippen LogP contribution in [0.2, 0.25) is 0 Å². The van der Waals surface area contributed by atoms with Gasteiger partial charge in [0.05, 0.1) is 0 Å². The van der Waals surface area contributed by atoms with Gasteiger partial charge in [0.15, 0.2) is 0 Å². The summed E-state index contributed by atoms with van der Waals surface area (Å²) < 4.78 is 29.0. The lowest BCUT2D eigenvalue weighted by atomic mass is 9.96. The van der Waals surface area contributed by atoms with Crippen LogP contribution in [0.3, 0.4) is 0 Å². The fraction of sp³-hybridized carbons (Fsp3) is 0.571. The lowest BCUT2D eigenvalue weighted by Crippen LogP contribution is -2.31. The van der Waals surface area contributed by atoms with Crippen LogP contribution >= 0.6 is 0 Å². The topological polar surface area (TPSA) is 47.3 Å². The van der Waals surface area contributed by atoms with Crippen LogP contribution in [-0.2, 0) is 6.54 Å². The molecule has 1 atom stereocenters. The predicted molar refractivity (Wildman–Crippen MR) is 72.2 cm³/mol. The normalized spacial score (nSPS) is 13.0. The van der Waals surface area contributed by atoms with Crippen molar-refractivity contribution in [3.05, 3.63) is 29.8 Å². The van der Waals surface area contributed by atoms with Crippen molar-refractivity contribution < 1.29 is 13.5 Å². The summed E-state index contributed by atoms with van der Waals surface area (Å²) in [5, 5.41) is 3.24. The minimum atomic E-state index is -2.80. The highest BCUT2D eigenvalue weighted by Crippen LogP contribution is 2.20. The van der Waals surface area contributed by atoms with Crippen molar-refractivity contribution in [1.82, 2.24) is 5.32 Å². The van der Waals surface area contributed by atoms with Crippen LogP contribution in [0.1, 0.15) is 19.4 Å². The van der Waals surface area contributed by atoms with Crippen molar-refractivity contribution in [3.8, 4) is 5.75 Å². The first-order valence-corrected chi connectivity index (χ1v) is 6.48. The summed E-state index contributed by atoms with van der Waals surface area (Å²) in [5.74, 6) is 1.09. The van der Waals surface area contributed by atoms with Crippen LogP contribution in [0.4, 0.5) is 8.78 Å². The fourth-order valence-electron chi connectivity index (χ4n) is 1.84. The number of nitrogens with two attached hydrogens (primary N) is 1. The van der Waals surface area contributed by atoms with Gasteiger partial charge in [-0.05, 0) is 31.0 Å². The van der Waals surface area contributed by atoms with Crippen LogP contribution in [0.15, 0.2) is 24.3 Å². The molecular formula is C14H22F2N2O. The van der Waals surface area contributed by atoms with Crippen LogP contribution in [-0.4, -0.2) is 19.7 Å². The molecule has 0 aliphatic carbocycles. The average molecular weight is 272 g/mol. The van der Waals surface area contributed by atoms with Crippen molar-refractivity contribution in [3.63, 3.8) is 0 Å². The molecule has 0 saturated carbocycles. The van der Waals surface area contributed by atoms with Gasteiger partial charge in [-0.1, -0.05) is 32.0 Å². The van der Waals surface area contributed by atoms with Gasteiger partial charge in [-0.25, -0.2) is 0 Å². The first-order chi connectivity index (χ1) is 9.04. The van der Waals surface area contributed by atoms with E-state index in [4.69, 9.17) is 5.73 Å². The molecule has 0 spiro atoms. The van der Waals surface area contributed by atoms with E-state index in [1.165, 1.54) is 0 Å². The molecule has 0 amide bonds. The van der Waals surface area contributed by atoms with Crippen molar-refractivity contribution in [1.29, 1.82) is 0 Å². The zero-order valence-electron chi connectivity index (χ0n) is 11.4. The summed E-state index contributed by atoms with van der Waals surface area (Å²) in [4.78, 5) is 0. The van der Waals surface area contributed by atoms with E-state index in [0.29, 0.717) is 24.9 Å². The fourth-order valence-corrected chi connectivity index (χ4v) is 1.84. The van der Waals surface area contributed by atoms with Crippen molar-refractivity contribution in [2.24, 2.45) is 17.6 Å². The number of nitrogens with one attached hydrogen (secondary N) is 1. The van der Waals surface area contributed by atoms with Crippen molar-refractivity contribution >= 4 is 0 Å². The minimum absolute atomic E-state index is 0.221. The van der Waals surface area contributed by atoms with Gasteiger partial charge in [-0.3, -0.25) is 0 Å². The zero-order valence-corrected chi connectivity index (χ0v) is 11.4. The number of ether oxygens (including phenoxy) is 1. The Balaban J connectivity index is 2.53. The SMILES string of the molecule is CC(C)C(CN)CNCc1ccccc1OC(F)F. The Bertz CT molecular complexity index is 372. The molecule has 0 fully saturated rings. The quantitative estimate of drug-likeness (QED) is 0.764. The molecule has 3 nitrogen and oxygen atoms in total. The first-order valence-electron chi connectivity index (χ1n) is 6.48. The van der Waals surface area contributed by atoms with Crippen molar-refractivity contribution in [2.45, 2.75) is 27.0 Å². The standard InChI is InChI=1S/C14H22F2N2O/c1-10(2)12(7-17)9-18-8-11-5-3-4-6-13(11)19-14(15)16/h3-6,10,12,14,18H,7-9,17H2,1-2H3. The van der Waals surface area contributed by atoms with Crippen LogP contribution < -0.4 is 15.8 Å². The van der Waals surface area contributed by atoms with E-state index < -0.39 is 6.61 Å². The number of hydrogen-bond acceptors (Lipinski definition) is 3. The maximum atomic E-state index is 12.3. The second-order valence-corrected chi connectivity index (χ2v) is 4.86. The number of hydrogen-bond donors (Lipinski definition) is 2. The maximum Gasteiger partial charge on any atom is 0.387 e. The van der Waals surface area contributed by atoms with E-state index in [0.717, 1.165) is 12.1 Å². The molecule has 1 unspecified atom stereocenters. The van der Waals surface area contributed by atoms with Gasteiger partial charge in [-0.15, -0.1) is 0 Å². The highest BCUT2D eigenvalue weighted by atomic mass is 19.3. The summed E-state index contributed by atoms with van der Waals surface area (Å²) in [6.45, 7) is 3.30. The number of alkyl halides is 2. The molecule has 1 aromatic carbocycles. The zero-order chi connectivity index (χ0) is 14.3. The van der Waals surface area contributed by atoms with E-state index in [9.17, 15) is 8.78 Å². The third kappa shape index (κ3) is 5.53. The van der Waals surface area contributed by atoms with Gasteiger partial charge < -0.3 is 15.8 Å². The second-order valence-electron chi connectivity index (χ2n) is 4.86. The van der Waals surface area contributed by atoms with Gasteiger partial charge in [0.1, 0.15) is 5.75 Å². The van der Waals surface area contributed by atoms with Gasteiger partial charge in [-0.2, -0.15) is 8.78 Å². The monoisotopic (exact) mass is 272 g/mol. The maximum absolute atomic E-state index is 12.3. The Morgan fingerprint density at radius 1 is 1.26 bits per heavy atom. The summed E-state index contributed by atoms with van der Waals surface area (Å²) in [6, 6.07) is 6.81. The molecule has 0 radical (unpaired) electrons. The Morgan fingerprint density at radius 3 is 2.53 bits per heavy atom. The summed E-state index contributed by atoms with van der Waals surface area (Å²) in [5.41, 5.74) is 6.41. The van der Waals surface area contributed by atoms with E-state index in [1.807, 2.05) is 0 Å². The molecule has 0 bridgehead atoms. The molecule has 108 valence electrons. The van der Waals surface area contributed by atoms with Crippen LogP contribution in [0, 0.1) is 11.8 Å². The lowest BCUT2D eigenvalue weighted by Gasteiger charge is -2.19. The van der Waals surface area contributed by atoms with E-state index >= 15 is 0 Å². The van der Waals surface area contributed by atoms with Crippen molar-refractivity contribution in [2.75, 3.05) is 13.1 Å². The van der Waals surface area contributed by atoms with E-state index in [1.54, 1.807) is 24.3 Å². The molecule has 1 rings (SSSR count). The smallest absolute Gasteiger partial charge is 0.387 e. The predicted octanol–water partition coefficient (Wildman–Crippen LogP) is 2.61. The van der Waals surface area contributed by atoms with Gasteiger partial charge >= 0.3 is 6.61 Å². The highest BCUT2D eigenvalue weighted by molar-refractivity contribution is 5.33. The lowest BCUT2D eigenvalue weighted by molar-refractivity contribution is -0.0505. The van der Waals surface area contributed by atoms with Crippen LogP contribution in [0.5, 0.6) is 5.75 Å². The summed E-state index contributed by atoms with van der Waals surface area (Å²) in [7, 11) is 0. The van der Waals surface area contributed by atoms with E-state index in [-0.39, 0.29) is 5.75 Å². The van der Waals surface area contributed by atoms with E-state index in [2.05, 4.69) is 23.9 Å². The largest absolute Gasteiger partial charge is 0.434 e. The number of halogens is 2. The molecule has 0 heterocycles. The summed E-state index contributed by atoms with van der Waals surface area (Å²) >= 11 is 0. The Morgan fingerprint density at radius 2 is 1.95 bits per heavy atom. The van der Waals surface area contributed by atoms with Crippen LogP contribution in [0.25, 0.3) is 0 Å². The number of rotatable bonds is 8. The minimum Gasteiger partial charge on any atom is -0.434 e. The molecule has 0 aromatic heterocycles. The third-order valence-electron chi connectivity index (χ3n) is 3.16. The van der Waals surface area contributed by atoms with Gasteiger partial charge in [0.2, 0.25) is 0 Å². The number of benzene rings is 1. The molecular weight excluding hydrogens is 250 g/mol. The average Bonchev–Trinajstić information content (AvgIpc) is 2.35. The Kier molecular flexibility index (Phi) is 6.73. The van der Waals surface area contributed by atoms with Gasteiger partial charge in [0, 0.05) is 12.1 Å².